The minimum Gasteiger partial charge on any atom is -0.475 e. The zero-order chi connectivity index (χ0) is 21.2. The summed E-state index contributed by atoms with van der Waals surface area (Å²) in [6.45, 7) is 5.73. The Labute approximate surface area is 167 Å². The van der Waals surface area contributed by atoms with Crippen LogP contribution in [-0.2, 0) is 16.1 Å². The van der Waals surface area contributed by atoms with E-state index in [-0.39, 0.29) is 43.1 Å². The molecule has 0 saturated carbocycles. The number of aromatic nitrogens is 1. The largest absolute Gasteiger partial charge is 0.475 e. The van der Waals surface area contributed by atoms with Gasteiger partial charge >= 0.3 is 0 Å². The molecule has 1 atom stereocenters. The highest BCUT2D eigenvalue weighted by Gasteiger charge is 2.45. The number of hydrogen-bond donors (Lipinski definition) is 1. The Morgan fingerprint density at radius 2 is 1.97 bits per heavy atom. The van der Waals surface area contributed by atoms with E-state index in [1.54, 1.807) is 25.3 Å². The maximum Gasteiger partial charge on any atom is 0.228 e. The lowest BCUT2D eigenvalue weighted by atomic mass is 9.88. The van der Waals surface area contributed by atoms with Crippen LogP contribution in [0.1, 0.15) is 32.8 Å². The van der Waals surface area contributed by atoms with Crippen molar-refractivity contribution >= 4 is 17.5 Å². The lowest BCUT2D eigenvalue weighted by Crippen LogP contribution is -2.40. The van der Waals surface area contributed by atoms with Gasteiger partial charge in [0.15, 0.2) is 0 Å². The van der Waals surface area contributed by atoms with E-state index in [4.69, 9.17) is 4.74 Å². The topological polar surface area (TPSA) is 71.5 Å². The molecule has 2 aromatic rings. The van der Waals surface area contributed by atoms with Gasteiger partial charge in [0, 0.05) is 43.5 Å². The zero-order valence-electron chi connectivity index (χ0n) is 16.5. The summed E-state index contributed by atoms with van der Waals surface area (Å²) in [6.07, 6.45) is 1.53. The molecular formula is C21H23F2N3O3. The number of pyridine rings is 1. The third-order valence-electron chi connectivity index (χ3n) is 4.67. The van der Waals surface area contributed by atoms with Crippen LogP contribution in [0.3, 0.4) is 0 Å². The maximum atomic E-state index is 13.5. The monoisotopic (exact) mass is 403 g/mol. The van der Waals surface area contributed by atoms with E-state index < -0.39 is 17.0 Å². The van der Waals surface area contributed by atoms with Crippen LogP contribution >= 0.6 is 0 Å². The molecular weight excluding hydrogens is 380 g/mol. The van der Waals surface area contributed by atoms with Gasteiger partial charge in [0.1, 0.15) is 11.6 Å². The van der Waals surface area contributed by atoms with Crippen molar-refractivity contribution in [2.75, 3.05) is 11.4 Å². The summed E-state index contributed by atoms with van der Waals surface area (Å²) in [6, 6.07) is 6.40. The standard InChI is InChI=1S/C21H23F2N3O3/c1-13(2)29-18-6-14(4-5-24-18)11-25-20(28)21(3)10-19(27)26(12-21)17-8-15(22)7-16(23)9-17/h4-9,13H,10-12H2,1-3H3,(H,25,28). The Balaban J connectivity index is 1.67. The van der Waals surface area contributed by atoms with Gasteiger partial charge in [0.2, 0.25) is 17.7 Å². The van der Waals surface area contributed by atoms with Gasteiger partial charge in [-0.05, 0) is 44.5 Å². The molecule has 8 heteroatoms. The zero-order valence-corrected chi connectivity index (χ0v) is 16.5. The van der Waals surface area contributed by atoms with Gasteiger partial charge in [-0.3, -0.25) is 9.59 Å². The lowest BCUT2D eigenvalue weighted by molar-refractivity contribution is -0.131. The predicted molar refractivity (Wildman–Crippen MR) is 103 cm³/mol. The second-order valence-electron chi connectivity index (χ2n) is 7.70. The number of ether oxygens (including phenoxy) is 1. The Morgan fingerprint density at radius 1 is 1.28 bits per heavy atom. The molecule has 2 heterocycles. The Kier molecular flexibility index (Phi) is 5.81. The Bertz CT molecular complexity index is 915. The van der Waals surface area contributed by atoms with E-state index in [2.05, 4.69) is 10.3 Å². The second-order valence-corrected chi connectivity index (χ2v) is 7.70. The average Bonchev–Trinajstić information content (AvgIpc) is 2.94. The molecule has 1 saturated heterocycles. The van der Waals surface area contributed by atoms with E-state index in [9.17, 15) is 18.4 Å². The molecule has 0 spiro atoms. The molecule has 1 unspecified atom stereocenters. The highest BCUT2D eigenvalue weighted by molar-refractivity contribution is 6.02. The molecule has 1 aliphatic heterocycles. The number of anilines is 1. The van der Waals surface area contributed by atoms with Gasteiger partial charge in [-0.25, -0.2) is 13.8 Å². The van der Waals surface area contributed by atoms with Crippen LogP contribution in [0, 0.1) is 17.0 Å². The van der Waals surface area contributed by atoms with E-state index in [0.29, 0.717) is 5.88 Å². The van der Waals surface area contributed by atoms with Crippen molar-refractivity contribution in [1.82, 2.24) is 10.3 Å². The summed E-state index contributed by atoms with van der Waals surface area (Å²) >= 11 is 0. The smallest absolute Gasteiger partial charge is 0.228 e. The van der Waals surface area contributed by atoms with Crippen LogP contribution in [0.2, 0.25) is 0 Å². The fourth-order valence-corrected chi connectivity index (χ4v) is 3.27. The third-order valence-corrected chi connectivity index (χ3v) is 4.67. The van der Waals surface area contributed by atoms with E-state index in [0.717, 1.165) is 23.8 Å². The van der Waals surface area contributed by atoms with Crippen LogP contribution in [0.25, 0.3) is 0 Å². The molecule has 1 aromatic heterocycles. The lowest BCUT2D eigenvalue weighted by Gasteiger charge is -2.23. The van der Waals surface area contributed by atoms with Crippen molar-refractivity contribution in [3.8, 4) is 5.88 Å². The van der Waals surface area contributed by atoms with Crippen molar-refractivity contribution in [2.45, 2.75) is 39.8 Å². The number of nitrogens with one attached hydrogen (secondary N) is 1. The quantitative estimate of drug-likeness (QED) is 0.804. The molecule has 6 nitrogen and oxygen atoms in total. The summed E-state index contributed by atoms with van der Waals surface area (Å²) in [5.74, 6) is -1.75. The molecule has 0 radical (unpaired) electrons. The molecule has 154 valence electrons. The molecule has 1 fully saturated rings. The molecule has 0 bridgehead atoms. The first kappa shape index (κ1) is 20.7. The molecule has 1 aliphatic rings. The number of rotatable bonds is 6. The minimum atomic E-state index is -1.01. The Hall–Kier alpha value is -3.03. The Morgan fingerprint density at radius 3 is 2.62 bits per heavy atom. The minimum absolute atomic E-state index is 0.0191. The van der Waals surface area contributed by atoms with Crippen molar-refractivity contribution < 1.29 is 23.1 Å². The normalized spacial score (nSPS) is 19.0. The van der Waals surface area contributed by atoms with Gasteiger partial charge in [-0.15, -0.1) is 0 Å². The highest BCUT2D eigenvalue weighted by Crippen LogP contribution is 2.35. The average molecular weight is 403 g/mol. The van der Waals surface area contributed by atoms with E-state index in [1.807, 2.05) is 13.8 Å². The highest BCUT2D eigenvalue weighted by atomic mass is 19.1. The maximum absolute atomic E-state index is 13.5. The molecule has 2 amide bonds. The molecule has 0 aliphatic carbocycles. The fourth-order valence-electron chi connectivity index (χ4n) is 3.27. The SMILES string of the molecule is CC(C)Oc1cc(CNC(=O)C2(C)CC(=O)N(c3cc(F)cc(F)c3)C2)ccn1. The van der Waals surface area contributed by atoms with Crippen LogP contribution in [0.15, 0.2) is 36.5 Å². The van der Waals surface area contributed by atoms with Crippen LogP contribution in [0.4, 0.5) is 14.5 Å². The number of hydrogen-bond acceptors (Lipinski definition) is 4. The van der Waals surface area contributed by atoms with E-state index >= 15 is 0 Å². The van der Waals surface area contributed by atoms with Gasteiger partial charge in [-0.2, -0.15) is 0 Å². The molecule has 3 rings (SSSR count). The first-order chi connectivity index (χ1) is 13.7. The number of halogens is 2. The first-order valence-corrected chi connectivity index (χ1v) is 9.33. The first-order valence-electron chi connectivity index (χ1n) is 9.33. The third kappa shape index (κ3) is 4.88. The summed E-state index contributed by atoms with van der Waals surface area (Å²) < 4.78 is 32.6. The number of nitrogens with zero attached hydrogens (tertiary/aromatic N) is 2. The number of carbonyl (C=O) groups excluding carboxylic acids is 2. The van der Waals surface area contributed by atoms with Gasteiger partial charge < -0.3 is 15.0 Å². The van der Waals surface area contributed by atoms with E-state index in [1.165, 1.54) is 4.90 Å². The van der Waals surface area contributed by atoms with Crippen LogP contribution in [-0.4, -0.2) is 29.4 Å². The van der Waals surface area contributed by atoms with Crippen molar-refractivity contribution in [1.29, 1.82) is 0 Å². The van der Waals surface area contributed by atoms with Gasteiger partial charge in [-0.1, -0.05) is 0 Å². The number of benzene rings is 1. The molecule has 29 heavy (non-hydrogen) atoms. The number of amides is 2. The number of carbonyl (C=O) groups is 2. The van der Waals surface area contributed by atoms with Gasteiger partial charge in [0.25, 0.3) is 0 Å². The molecule has 1 N–H and O–H groups in total. The fraction of sp³-hybridized carbons (Fsp3) is 0.381. The summed E-state index contributed by atoms with van der Waals surface area (Å²) in [7, 11) is 0. The van der Waals surface area contributed by atoms with Crippen LogP contribution in [0.5, 0.6) is 5.88 Å². The molecule has 1 aromatic carbocycles. The summed E-state index contributed by atoms with van der Waals surface area (Å²) in [5, 5.41) is 2.83. The summed E-state index contributed by atoms with van der Waals surface area (Å²) in [5.41, 5.74) is -0.0981. The van der Waals surface area contributed by atoms with Crippen molar-refractivity contribution in [3.05, 3.63) is 53.7 Å². The van der Waals surface area contributed by atoms with Gasteiger partial charge in [0.05, 0.1) is 11.5 Å². The van der Waals surface area contributed by atoms with Crippen molar-refractivity contribution in [3.63, 3.8) is 0 Å². The van der Waals surface area contributed by atoms with Crippen molar-refractivity contribution in [2.24, 2.45) is 5.41 Å². The second kappa shape index (κ2) is 8.14. The predicted octanol–water partition coefficient (Wildman–Crippen LogP) is 3.21. The summed E-state index contributed by atoms with van der Waals surface area (Å²) in [4.78, 5) is 30.6. The van der Waals surface area contributed by atoms with Crippen LogP contribution < -0.4 is 15.0 Å².